The SMILES string of the molecule is C=Cc1ccc(COc2ccc(C(C)(C)CC)cc2)cc1. The van der Waals surface area contributed by atoms with Crippen LogP contribution in [0.2, 0.25) is 0 Å². The molecule has 0 fully saturated rings. The molecule has 0 bridgehead atoms. The van der Waals surface area contributed by atoms with E-state index in [1.54, 1.807) is 0 Å². The monoisotopic (exact) mass is 280 g/mol. The van der Waals surface area contributed by atoms with E-state index < -0.39 is 0 Å². The summed E-state index contributed by atoms with van der Waals surface area (Å²) in [5, 5.41) is 0. The van der Waals surface area contributed by atoms with Gasteiger partial charge in [-0.25, -0.2) is 0 Å². The number of benzene rings is 2. The van der Waals surface area contributed by atoms with Crippen molar-refractivity contribution in [3.05, 3.63) is 71.8 Å². The Morgan fingerprint density at radius 3 is 2.14 bits per heavy atom. The van der Waals surface area contributed by atoms with Crippen molar-refractivity contribution in [2.24, 2.45) is 0 Å². The van der Waals surface area contributed by atoms with Crippen molar-refractivity contribution in [2.45, 2.75) is 39.2 Å². The van der Waals surface area contributed by atoms with Crippen LogP contribution < -0.4 is 4.74 Å². The molecule has 0 aromatic heterocycles. The van der Waals surface area contributed by atoms with Crippen LogP contribution in [0.4, 0.5) is 0 Å². The van der Waals surface area contributed by atoms with Crippen LogP contribution in [0, 0.1) is 0 Å². The van der Waals surface area contributed by atoms with Gasteiger partial charge in [0.05, 0.1) is 0 Å². The van der Waals surface area contributed by atoms with Crippen LogP contribution in [-0.4, -0.2) is 0 Å². The molecule has 0 amide bonds. The van der Waals surface area contributed by atoms with Crippen LogP contribution in [0.1, 0.15) is 43.9 Å². The second-order valence-corrected chi connectivity index (χ2v) is 6.00. The molecule has 0 saturated carbocycles. The van der Waals surface area contributed by atoms with Crippen LogP contribution in [0.25, 0.3) is 6.08 Å². The number of rotatable bonds is 6. The fourth-order valence-electron chi connectivity index (χ4n) is 2.12. The van der Waals surface area contributed by atoms with Gasteiger partial charge < -0.3 is 4.74 Å². The van der Waals surface area contributed by atoms with E-state index >= 15 is 0 Å². The van der Waals surface area contributed by atoms with Gasteiger partial charge in [0.15, 0.2) is 0 Å². The van der Waals surface area contributed by atoms with Crippen LogP contribution in [0.5, 0.6) is 5.75 Å². The molecule has 0 aliphatic heterocycles. The Kier molecular flexibility index (Phi) is 4.85. The zero-order valence-electron chi connectivity index (χ0n) is 13.2. The van der Waals surface area contributed by atoms with Gasteiger partial charge in [0.1, 0.15) is 12.4 Å². The average Bonchev–Trinajstić information content (AvgIpc) is 2.54. The molecular formula is C20H24O. The van der Waals surface area contributed by atoms with E-state index in [0.29, 0.717) is 6.61 Å². The molecule has 0 aliphatic rings. The molecule has 21 heavy (non-hydrogen) atoms. The molecule has 2 aromatic rings. The van der Waals surface area contributed by atoms with Crippen molar-refractivity contribution < 1.29 is 4.74 Å². The third-order valence-corrected chi connectivity index (χ3v) is 4.14. The van der Waals surface area contributed by atoms with E-state index in [-0.39, 0.29) is 5.41 Å². The minimum Gasteiger partial charge on any atom is -0.489 e. The molecular weight excluding hydrogens is 256 g/mol. The minimum absolute atomic E-state index is 0.221. The molecule has 2 aromatic carbocycles. The van der Waals surface area contributed by atoms with Crippen molar-refractivity contribution in [2.75, 3.05) is 0 Å². The van der Waals surface area contributed by atoms with Gasteiger partial charge in [-0.15, -0.1) is 0 Å². The second-order valence-electron chi connectivity index (χ2n) is 6.00. The fraction of sp³-hybridized carbons (Fsp3) is 0.300. The maximum Gasteiger partial charge on any atom is 0.119 e. The van der Waals surface area contributed by atoms with E-state index in [2.05, 4.69) is 75.9 Å². The molecule has 0 unspecified atom stereocenters. The number of hydrogen-bond acceptors (Lipinski definition) is 1. The molecule has 0 heterocycles. The van der Waals surface area contributed by atoms with Crippen molar-refractivity contribution in [1.82, 2.24) is 0 Å². The standard InChI is InChI=1S/C20H24O/c1-5-16-7-9-17(10-8-16)15-21-19-13-11-18(12-14-19)20(3,4)6-2/h5,7-14H,1,6,15H2,2-4H3. The van der Waals surface area contributed by atoms with Gasteiger partial charge >= 0.3 is 0 Å². The lowest BCUT2D eigenvalue weighted by Gasteiger charge is -2.23. The Balaban J connectivity index is 1.98. The molecule has 2 rings (SSSR count). The summed E-state index contributed by atoms with van der Waals surface area (Å²) in [6, 6.07) is 16.7. The predicted octanol–water partition coefficient (Wildman–Crippen LogP) is 5.60. The van der Waals surface area contributed by atoms with Gasteiger partial charge in [-0.3, -0.25) is 0 Å². The third kappa shape index (κ3) is 3.98. The Bertz CT molecular complexity index is 576. The van der Waals surface area contributed by atoms with E-state index in [1.807, 2.05) is 6.08 Å². The largest absolute Gasteiger partial charge is 0.489 e. The lowest BCUT2D eigenvalue weighted by atomic mass is 9.82. The first kappa shape index (κ1) is 15.4. The van der Waals surface area contributed by atoms with E-state index in [4.69, 9.17) is 4.74 Å². The quantitative estimate of drug-likeness (QED) is 0.669. The Morgan fingerprint density at radius 2 is 1.62 bits per heavy atom. The average molecular weight is 280 g/mol. The summed E-state index contributed by atoms with van der Waals surface area (Å²) in [6.45, 7) is 11.1. The second kappa shape index (κ2) is 6.62. The van der Waals surface area contributed by atoms with E-state index in [9.17, 15) is 0 Å². The fourth-order valence-corrected chi connectivity index (χ4v) is 2.12. The maximum atomic E-state index is 5.84. The summed E-state index contributed by atoms with van der Waals surface area (Å²) in [7, 11) is 0. The van der Waals surface area contributed by atoms with Gasteiger partial charge in [0.2, 0.25) is 0 Å². The molecule has 0 spiro atoms. The molecule has 0 radical (unpaired) electrons. The van der Waals surface area contributed by atoms with E-state index in [1.165, 1.54) is 11.1 Å². The first-order valence-corrected chi connectivity index (χ1v) is 7.50. The highest BCUT2D eigenvalue weighted by Crippen LogP contribution is 2.28. The Labute approximate surface area is 128 Å². The highest BCUT2D eigenvalue weighted by molar-refractivity contribution is 5.47. The van der Waals surface area contributed by atoms with Gasteiger partial charge in [0.25, 0.3) is 0 Å². The maximum absolute atomic E-state index is 5.84. The highest BCUT2D eigenvalue weighted by atomic mass is 16.5. The third-order valence-electron chi connectivity index (χ3n) is 4.14. The lowest BCUT2D eigenvalue weighted by molar-refractivity contribution is 0.306. The Hall–Kier alpha value is -2.02. The highest BCUT2D eigenvalue weighted by Gasteiger charge is 2.17. The van der Waals surface area contributed by atoms with Crippen molar-refractivity contribution in [1.29, 1.82) is 0 Å². The zero-order valence-corrected chi connectivity index (χ0v) is 13.2. The number of ether oxygens (including phenoxy) is 1. The minimum atomic E-state index is 0.221. The molecule has 0 N–H and O–H groups in total. The van der Waals surface area contributed by atoms with Crippen LogP contribution in [0.15, 0.2) is 55.1 Å². The zero-order chi connectivity index (χ0) is 15.3. The summed E-state index contributed by atoms with van der Waals surface area (Å²) >= 11 is 0. The van der Waals surface area contributed by atoms with Gasteiger partial charge in [-0.05, 0) is 40.7 Å². The van der Waals surface area contributed by atoms with Gasteiger partial charge in [-0.2, -0.15) is 0 Å². The van der Waals surface area contributed by atoms with Gasteiger partial charge in [0, 0.05) is 0 Å². The molecule has 0 saturated heterocycles. The molecule has 0 aliphatic carbocycles. The van der Waals surface area contributed by atoms with Gasteiger partial charge in [-0.1, -0.05) is 69.8 Å². The van der Waals surface area contributed by atoms with Crippen LogP contribution in [-0.2, 0) is 12.0 Å². The molecule has 1 heteroatoms. The number of hydrogen-bond donors (Lipinski definition) is 0. The van der Waals surface area contributed by atoms with Crippen LogP contribution >= 0.6 is 0 Å². The summed E-state index contributed by atoms with van der Waals surface area (Å²) in [5.74, 6) is 0.915. The summed E-state index contributed by atoms with van der Waals surface area (Å²) in [4.78, 5) is 0. The molecule has 0 atom stereocenters. The van der Waals surface area contributed by atoms with E-state index in [0.717, 1.165) is 17.7 Å². The first-order chi connectivity index (χ1) is 10.0. The topological polar surface area (TPSA) is 9.23 Å². The van der Waals surface area contributed by atoms with Crippen molar-refractivity contribution >= 4 is 6.08 Å². The molecule has 1 nitrogen and oxygen atoms in total. The normalized spacial score (nSPS) is 11.2. The molecule has 110 valence electrons. The summed E-state index contributed by atoms with van der Waals surface area (Å²) < 4.78 is 5.84. The summed E-state index contributed by atoms with van der Waals surface area (Å²) in [6.07, 6.45) is 2.97. The smallest absolute Gasteiger partial charge is 0.119 e. The Morgan fingerprint density at radius 1 is 1.00 bits per heavy atom. The van der Waals surface area contributed by atoms with Crippen LogP contribution in [0.3, 0.4) is 0 Å². The lowest BCUT2D eigenvalue weighted by Crippen LogP contribution is -2.15. The van der Waals surface area contributed by atoms with Crippen molar-refractivity contribution in [3.8, 4) is 5.75 Å². The van der Waals surface area contributed by atoms with Crippen molar-refractivity contribution in [3.63, 3.8) is 0 Å². The first-order valence-electron chi connectivity index (χ1n) is 7.50. The summed E-state index contributed by atoms with van der Waals surface area (Å²) in [5.41, 5.74) is 3.87. The predicted molar refractivity (Wildman–Crippen MR) is 90.6 cm³/mol.